The molecule has 0 aromatic heterocycles. The molecule has 0 amide bonds. The van der Waals surface area contributed by atoms with E-state index in [1.165, 1.54) is 0 Å². The summed E-state index contributed by atoms with van der Waals surface area (Å²) >= 11 is 0. The third kappa shape index (κ3) is 6.05. The summed E-state index contributed by atoms with van der Waals surface area (Å²) in [7, 11) is 0. The SMILES string of the molecule is C#CCOCC#CC(O)(C#C)c1ccc(-c2ccc(C(O)(C#C)COCC#C)cc2)cc1. The maximum atomic E-state index is 10.7. The zero-order valence-electron chi connectivity index (χ0n) is 17.5. The van der Waals surface area contributed by atoms with E-state index in [-0.39, 0.29) is 26.4 Å². The highest BCUT2D eigenvalue weighted by Crippen LogP contribution is 2.28. The number of hydrogen-bond donors (Lipinski definition) is 2. The van der Waals surface area contributed by atoms with Crippen molar-refractivity contribution < 1.29 is 19.7 Å². The van der Waals surface area contributed by atoms with Gasteiger partial charge in [0.25, 0.3) is 0 Å². The van der Waals surface area contributed by atoms with Gasteiger partial charge in [0.15, 0.2) is 5.60 Å². The number of aliphatic hydroxyl groups is 2. The maximum absolute atomic E-state index is 10.7. The van der Waals surface area contributed by atoms with E-state index in [9.17, 15) is 10.2 Å². The van der Waals surface area contributed by atoms with Crippen LogP contribution in [0.1, 0.15) is 11.1 Å². The Kier molecular flexibility index (Phi) is 8.72. The second-order valence-corrected chi connectivity index (χ2v) is 6.71. The van der Waals surface area contributed by atoms with Crippen molar-refractivity contribution in [3.8, 4) is 72.3 Å². The highest BCUT2D eigenvalue weighted by molar-refractivity contribution is 5.65. The Morgan fingerprint density at radius 2 is 1.22 bits per heavy atom. The summed E-state index contributed by atoms with van der Waals surface area (Å²) in [6.45, 7) is 0.145. The predicted octanol–water partition coefficient (Wildman–Crippen LogP) is 2.30. The lowest BCUT2D eigenvalue weighted by molar-refractivity contribution is 0.000659. The van der Waals surface area contributed by atoms with E-state index in [1.807, 2.05) is 24.3 Å². The molecule has 0 fully saturated rings. The van der Waals surface area contributed by atoms with Crippen molar-refractivity contribution in [2.24, 2.45) is 0 Å². The summed E-state index contributed by atoms with van der Waals surface area (Å²) in [6.07, 6.45) is 21.3. The van der Waals surface area contributed by atoms with E-state index in [1.54, 1.807) is 24.3 Å². The Hall–Kier alpha value is -3.92. The van der Waals surface area contributed by atoms with Crippen LogP contribution in [0.2, 0.25) is 0 Å². The van der Waals surface area contributed by atoms with Crippen LogP contribution in [0.3, 0.4) is 0 Å². The smallest absolute Gasteiger partial charge is 0.213 e. The molecule has 0 spiro atoms. The van der Waals surface area contributed by atoms with Gasteiger partial charge in [-0.15, -0.1) is 25.7 Å². The highest BCUT2D eigenvalue weighted by Gasteiger charge is 2.27. The molecule has 0 aliphatic rings. The Bertz CT molecular complexity index is 1140. The quantitative estimate of drug-likeness (QED) is 0.506. The molecule has 2 rings (SSSR count). The van der Waals surface area contributed by atoms with Gasteiger partial charge in [0.2, 0.25) is 5.60 Å². The fraction of sp³-hybridized carbons (Fsp3) is 0.214. The van der Waals surface area contributed by atoms with Crippen molar-refractivity contribution in [3.05, 3.63) is 59.7 Å². The zero-order chi connectivity index (χ0) is 23.5. The molecule has 2 atom stereocenters. The second-order valence-electron chi connectivity index (χ2n) is 6.71. The minimum atomic E-state index is -1.75. The molecule has 0 heterocycles. The Labute approximate surface area is 189 Å². The average molecular weight is 422 g/mol. The van der Waals surface area contributed by atoms with Crippen LogP contribution in [0.15, 0.2) is 48.5 Å². The maximum Gasteiger partial charge on any atom is 0.213 e. The fourth-order valence-corrected chi connectivity index (χ4v) is 2.82. The van der Waals surface area contributed by atoms with Crippen molar-refractivity contribution in [1.29, 1.82) is 0 Å². The van der Waals surface area contributed by atoms with Gasteiger partial charge in [-0.05, 0) is 22.6 Å². The molecule has 4 nitrogen and oxygen atoms in total. The van der Waals surface area contributed by atoms with Crippen LogP contribution < -0.4 is 0 Å². The number of terminal acetylenes is 4. The van der Waals surface area contributed by atoms with Gasteiger partial charge >= 0.3 is 0 Å². The zero-order valence-corrected chi connectivity index (χ0v) is 17.5. The Morgan fingerprint density at radius 3 is 1.72 bits per heavy atom. The highest BCUT2D eigenvalue weighted by atomic mass is 16.5. The van der Waals surface area contributed by atoms with E-state index in [0.29, 0.717) is 11.1 Å². The lowest BCUT2D eigenvalue weighted by Crippen LogP contribution is -2.29. The lowest BCUT2D eigenvalue weighted by atomic mass is 9.91. The van der Waals surface area contributed by atoms with Gasteiger partial charge in [-0.3, -0.25) is 0 Å². The van der Waals surface area contributed by atoms with Crippen LogP contribution in [0.5, 0.6) is 0 Å². The van der Waals surface area contributed by atoms with Crippen molar-refractivity contribution in [2.75, 3.05) is 26.4 Å². The minimum Gasteiger partial charge on any atom is -0.371 e. The molecule has 4 heteroatoms. The standard InChI is InChI=1S/C28H22O4/c1-5-19-31-21-9-18-27(29,7-3)25-14-10-23(11-15-25)24-12-16-26(17-13-24)28(30,8-4)22-32-20-6-2/h1-4,10-17,29-30H,19-22H2. The molecule has 158 valence electrons. The fourth-order valence-electron chi connectivity index (χ4n) is 2.82. The first kappa shape index (κ1) is 24.4. The minimum absolute atomic E-state index is 0.0563. The lowest BCUT2D eigenvalue weighted by Gasteiger charge is -2.22. The molecular formula is C28H22O4. The van der Waals surface area contributed by atoms with E-state index < -0.39 is 11.2 Å². The number of rotatable bonds is 8. The monoisotopic (exact) mass is 422 g/mol. The molecule has 32 heavy (non-hydrogen) atoms. The average Bonchev–Trinajstić information content (AvgIpc) is 2.84. The normalized spacial score (nSPS) is 13.6. The van der Waals surface area contributed by atoms with Crippen LogP contribution in [0.25, 0.3) is 11.1 Å². The molecule has 0 aliphatic carbocycles. The molecule has 2 unspecified atom stereocenters. The Morgan fingerprint density at radius 1 is 0.688 bits per heavy atom. The van der Waals surface area contributed by atoms with E-state index in [4.69, 9.17) is 35.2 Å². The molecule has 2 N–H and O–H groups in total. The van der Waals surface area contributed by atoms with Crippen molar-refractivity contribution in [2.45, 2.75) is 11.2 Å². The van der Waals surface area contributed by atoms with Gasteiger partial charge < -0.3 is 19.7 Å². The van der Waals surface area contributed by atoms with E-state index in [0.717, 1.165) is 11.1 Å². The third-order valence-electron chi connectivity index (χ3n) is 4.57. The van der Waals surface area contributed by atoms with Crippen LogP contribution in [0.4, 0.5) is 0 Å². The molecule has 2 aromatic carbocycles. The molecule has 0 aliphatic heterocycles. The number of hydrogen-bond acceptors (Lipinski definition) is 4. The molecule has 0 bridgehead atoms. The van der Waals surface area contributed by atoms with Crippen LogP contribution >= 0.6 is 0 Å². The molecule has 2 aromatic rings. The van der Waals surface area contributed by atoms with Gasteiger partial charge in [-0.25, -0.2) is 0 Å². The first-order valence-electron chi connectivity index (χ1n) is 9.56. The van der Waals surface area contributed by atoms with Crippen LogP contribution in [-0.4, -0.2) is 36.6 Å². The predicted molar refractivity (Wildman–Crippen MR) is 124 cm³/mol. The summed E-state index contributed by atoms with van der Waals surface area (Å²) in [5.74, 6) is 14.6. The van der Waals surface area contributed by atoms with Gasteiger partial charge in [-0.1, -0.05) is 78.1 Å². The summed E-state index contributed by atoms with van der Waals surface area (Å²) in [4.78, 5) is 0. The largest absolute Gasteiger partial charge is 0.371 e. The van der Waals surface area contributed by atoms with Crippen molar-refractivity contribution in [1.82, 2.24) is 0 Å². The first-order valence-corrected chi connectivity index (χ1v) is 9.56. The summed E-state index contributed by atoms with van der Waals surface area (Å²) in [5.41, 5.74) is -0.604. The van der Waals surface area contributed by atoms with Crippen molar-refractivity contribution in [3.63, 3.8) is 0 Å². The number of ether oxygens (including phenoxy) is 2. The topological polar surface area (TPSA) is 58.9 Å². The van der Waals surface area contributed by atoms with Gasteiger partial charge in [0.05, 0.1) is 6.61 Å². The summed E-state index contributed by atoms with van der Waals surface area (Å²) < 4.78 is 10.3. The molecular weight excluding hydrogens is 400 g/mol. The Balaban J connectivity index is 2.19. The third-order valence-corrected chi connectivity index (χ3v) is 4.57. The van der Waals surface area contributed by atoms with Gasteiger partial charge in [-0.2, -0.15) is 0 Å². The first-order chi connectivity index (χ1) is 15.4. The summed E-state index contributed by atoms with van der Waals surface area (Å²) in [5, 5.41) is 21.3. The second kappa shape index (κ2) is 11.5. The van der Waals surface area contributed by atoms with Crippen molar-refractivity contribution >= 4 is 0 Å². The summed E-state index contributed by atoms with van der Waals surface area (Å²) in [6, 6.07) is 14.1. The van der Waals surface area contributed by atoms with E-state index >= 15 is 0 Å². The molecule has 0 radical (unpaired) electrons. The molecule has 0 saturated carbocycles. The van der Waals surface area contributed by atoms with Gasteiger partial charge in [0.1, 0.15) is 19.8 Å². The molecule has 0 saturated heterocycles. The van der Waals surface area contributed by atoms with Crippen LogP contribution in [0, 0.1) is 61.2 Å². The van der Waals surface area contributed by atoms with E-state index in [2.05, 4.69) is 35.5 Å². The van der Waals surface area contributed by atoms with Crippen LogP contribution in [-0.2, 0) is 20.7 Å². The number of benzene rings is 2. The van der Waals surface area contributed by atoms with Gasteiger partial charge in [0, 0.05) is 5.56 Å².